The maximum absolute atomic E-state index is 13.3. The van der Waals surface area contributed by atoms with Crippen LogP contribution in [0.5, 0.6) is 17.4 Å². The smallest absolute Gasteiger partial charge is 0.263 e. The van der Waals surface area contributed by atoms with Gasteiger partial charge in [0.1, 0.15) is 11.5 Å². The maximum atomic E-state index is 13.3. The minimum Gasteiger partial charge on any atom is -0.497 e. The van der Waals surface area contributed by atoms with Crippen molar-refractivity contribution in [2.45, 2.75) is 19.8 Å². The number of aromatic nitrogens is 2. The van der Waals surface area contributed by atoms with Crippen molar-refractivity contribution in [1.29, 1.82) is 0 Å². The van der Waals surface area contributed by atoms with E-state index in [9.17, 15) is 4.79 Å². The predicted molar refractivity (Wildman–Crippen MR) is 140 cm³/mol. The van der Waals surface area contributed by atoms with Crippen molar-refractivity contribution in [3.8, 4) is 17.4 Å². The minimum atomic E-state index is 0.0442. The largest absolute Gasteiger partial charge is 0.497 e. The molecule has 0 saturated carbocycles. The maximum Gasteiger partial charge on any atom is 0.263 e. The average Bonchev–Trinajstić information content (AvgIpc) is 2.94. The van der Waals surface area contributed by atoms with E-state index in [1.807, 2.05) is 48.2 Å². The Balaban J connectivity index is 1.15. The van der Waals surface area contributed by atoms with Crippen LogP contribution in [0.1, 0.15) is 18.4 Å². The summed E-state index contributed by atoms with van der Waals surface area (Å²) in [7, 11) is 1.68. The number of carbonyl (C=O) groups is 1. The number of rotatable bonds is 6. The van der Waals surface area contributed by atoms with Crippen molar-refractivity contribution >= 4 is 17.4 Å². The topological polar surface area (TPSA) is 71.0 Å². The third-order valence-electron chi connectivity index (χ3n) is 7.04. The summed E-state index contributed by atoms with van der Waals surface area (Å²) in [5.74, 6) is 3.14. The molecule has 5 rings (SSSR count). The summed E-state index contributed by atoms with van der Waals surface area (Å²) in [6.07, 6.45) is 4.94. The second-order valence-electron chi connectivity index (χ2n) is 9.38. The van der Waals surface area contributed by atoms with E-state index in [0.29, 0.717) is 5.88 Å². The molecule has 2 saturated heterocycles. The Hall–Kier alpha value is -3.81. The van der Waals surface area contributed by atoms with Crippen LogP contribution in [-0.4, -0.2) is 67.2 Å². The molecule has 188 valence electrons. The molecule has 0 spiro atoms. The Morgan fingerprint density at radius 1 is 0.861 bits per heavy atom. The van der Waals surface area contributed by atoms with Gasteiger partial charge in [0, 0.05) is 69.3 Å². The predicted octanol–water partition coefficient (Wildman–Crippen LogP) is 4.15. The molecule has 0 radical (unpaired) electrons. The zero-order valence-electron chi connectivity index (χ0n) is 21.0. The molecule has 0 aliphatic carbocycles. The molecule has 0 N–H and O–H groups in total. The number of piperidine rings is 1. The molecule has 0 atom stereocenters. The van der Waals surface area contributed by atoms with Crippen molar-refractivity contribution in [2.24, 2.45) is 5.92 Å². The number of carbonyl (C=O) groups excluding carboxylic acids is 1. The van der Waals surface area contributed by atoms with Crippen molar-refractivity contribution in [2.75, 3.05) is 56.2 Å². The van der Waals surface area contributed by atoms with E-state index >= 15 is 0 Å². The van der Waals surface area contributed by atoms with Gasteiger partial charge in [0.15, 0.2) is 5.82 Å². The fourth-order valence-corrected chi connectivity index (χ4v) is 4.91. The lowest BCUT2D eigenvalue weighted by Crippen LogP contribution is -2.51. The minimum absolute atomic E-state index is 0.0442. The van der Waals surface area contributed by atoms with Crippen LogP contribution in [0.15, 0.2) is 60.9 Å². The average molecular weight is 488 g/mol. The number of nitrogens with zero attached hydrogens (tertiary/aromatic N) is 5. The van der Waals surface area contributed by atoms with Gasteiger partial charge in [-0.05, 0) is 44.0 Å². The third-order valence-corrected chi connectivity index (χ3v) is 7.04. The van der Waals surface area contributed by atoms with Gasteiger partial charge in [0.25, 0.3) is 5.88 Å². The van der Waals surface area contributed by atoms with E-state index in [2.05, 4.69) is 31.9 Å². The number of ether oxygens (including phenoxy) is 2. The van der Waals surface area contributed by atoms with Gasteiger partial charge >= 0.3 is 0 Å². The molecule has 2 aliphatic heterocycles. The lowest BCUT2D eigenvalue weighted by Gasteiger charge is -2.39. The SMILES string of the molecule is COc1cccc(N2CCN(C(=O)C3CCN(c4nccnc4Oc4ccc(C)cc4)CC3)CC2)c1. The van der Waals surface area contributed by atoms with Crippen LogP contribution in [0.25, 0.3) is 0 Å². The summed E-state index contributed by atoms with van der Waals surface area (Å²) in [5, 5.41) is 0. The number of piperazine rings is 1. The van der Waals surface area contributed by atoms with Crippen molar-refractivity contribution in [3.05, 3.63) is 66.5 Å². The second kappa shape index (κ2) is 10.8. The molecule has 8 nitrogen and oxygen atoms in total. The number of anilines is 2. The van der Waals surface area contributed by atoms with E-state index in [0.717, 1.165) is 75.1 Å². The Morgan fingerprint density at radius 2 is 1.58 bits per heavy atom. The number of methoxy groups -OCH3 is 1. The van der Waals surface area contributed by atoms with Crippen LogP contribution in [-0.2, 0) is 4.79 Å². The van der Waals surface area contributed by atoms with E-state index in [-0.39, 0.29) is 11.8 Å². The summed E-state index contributed by atoms with van der Waals surface area (Å²) < 4.78 is 11.4. The zero-order chi connectivity index (χ0) is 24.9. The Labute approximate surface area is 212 Å². The number of benzene rings is 2. The third kappa shape index (κ3) is 5.37. The van der Waals surface area contributed by atoms with Crippen molar-refractivity contribution < 1.29 is 14.3 Å². The first-order valence-corrected chi connectivity index (χ1v) is 12.6. The molecule has 36 heavy (non-hydrogen) atoms. The molecule has 1 aromatic heterocycles. The highest BCUT2D eigenvalue weighted by molar-refractivity contribution is 5.79. The van der Waals surface area contributed by atoms with Gasteiger partial charge in [-0.25, -0.2) is 9.97 Å². The highest BCUT2D eigenvalue weighted by Gasteiger charge is 2.32. The standard InChI is InChI=1S/C28H33N5O3/c1-21-6-8-24(9-7-21)36-27-26(29-12-13-30-27)32-14-10-22(11-15-32)28(34)33-18-16-31(17-19-33)23-4-3-5-25(20-23)35-2/h3-9,12-13,20,22H,10-11,14-19H2,1-2H3. The fraction of sp³-hybridized carbons (Fsp3) is 0.393. The van der Waals surface area contributed by atoms with Crippen molar-refractivity contribution in [3.63, 3.8) is 0 Å². The number of hydrogen-bond donors (Lipinski definition) is 0. The first-order chi connectivity index (χ1) is 17.6. The van der Waals surface area contributed by atoms with Crippen LogP contribution >= 0.6 is 0 Å². The molecule has 2 aliphatic rings. The Bertz CT molecular complexity index is 1170. The first-order valence-electron chi connectivity index (χ1n) is 12.6. The molecular weight excluding hydrogens is 454 g/mol. The lowest BCUT2D eigenvalue weighted by atomic mass is 9.95. The second-order valence-corrected chi connectivity index (χ2v) is 9.38. The zero-order valence-corrected chi connectivity index (χ0v) is 21.0. The number of hydrogen-bond acceptors (Lipinski definition) is 7. The van der Waals surface area contributed by atoms with Crippen LogP contribution in [0.4, 0.5) is 11.5 Å². The van der Waals surface area contributed by atoms with Gasteiger partial charge in [-0.3, -0.25) is 4.79 Å². The molecular formula is C28H33N5O3. The highest BCUT2D eigenvalue weighted by atomic mass is 16.5. The van der Waals surface area contributed by atoms with Crippen LogP contribution in [0.2, 0.25) is 0 Å². The summed E-state index contributed by atoms with van der Waals surface area (Å²) in [5.41, 5.74) is 2.32. The Morgan fingerprint density at radius 3 is 2.31 bits per heavy atom. The normalized spacial score (nSPS) is 16.7. The van der Waals surface area contributed by atoms with E-state index in [1.165, 1.54) is 5.56 Å². The monoisotopic (exact) mass is 487 g/mol. The van der Waals surface area contributed by atoms with Gasteiger partial charge in [-0.2, -0.15) is 0 Å². The number of aryl methyl sites for hydroxylation is 1. The molecule has 1 amide bonds. The summed E-state index contributed by atoms with van der Waals surface area (Å²) in [6.45, 7) is 6.70. The van der Waals surface area contributed by atoms with Gasteiger partial charge in [0.2, 0.25) is 5.91 Å². The van der Waals surface area contributed by atoms with Gasteiger partial charge in [0.05, 0.1) is 7.11 Å². The quantitative estimate of drug-likeness (QED) is 0.517. The first kappa shape index (κ1) is 23.9. The van der Waals surface area contributed by atoms with E-state index in [4.69, 9.17) is 9.47 Å². The molecule has 2 aromatic carbocycles. The molecule has 3 aromatic rings. The molecule has 8 heteroatoms. The summed E-state index contributed by atoms with van der Waals surface area (Å²) in [6, 6.07) is 16.0. The fourth-order valence-electron chi connectivity index (χ4n) is 4.91. The van der Waals surface area contributed by atoms with Crippen LogP contribution in [0, 0.1) is 12.8 Å². The van der Waals surface area contributed by atoms with Gasteiger partial charge in [-0.15, -0.1) is 0 Å². The molecule has 2 fully saturated rings. The van der Waals surface area contributed by atoms with E-state index in [1.54, 1.807) is 19.5 Å². The molecule has 0 unspecified atom stereocenters. The lowest BCUT2D eigenvalue weighted by molar-refractivity contribution is -0.136. The number of amides is 1. The molecule has 0 bridgehead atoms. The summed E-state index contributed by atoms with van der Waals surface area (Å²) >= 11 is 0. The van der Waals surface area contributed by atoms with Gasteiger partial charge < -0.3 is 24.2 Å². The van der Waals surface area contributed by atoms with Gasteiger partial charge in [-0.1, -0.05) is 23.8 Å². The van der Waals surface area contributed by atoms with Crippen molar-refractivity contribution in [1.82, 2.24) is 14.9 Å². The molecule has 3 heterocycles. The van der Waals surface area contributed by atoms with E-state index < -0.39 is 0 Å². The van der Waals surface area contributed by atoms with Crippen LogP contribution in [0.3, 0.4) is 0 Å². The Kier molecular flexibility index (Phi) is 7.21. The van der Waals surface area contributed by atoms with Crippen LogP contribution < -0.4 is 19.3 Å². The highest BCUT2D eigenvalue weighted by Crippen LogP contribution is 2.32. The summed E-state index contributed by atoms with van der Waals surface area (Å²) in [4.78, 5) is 28.8.